The molecule has 7 heteroatoms. The van der Waals surface area contributed by atoms with Crippen LogP contribution in [0.4, 0.5) is 4.79 Å². The molecule has 0 spiro atoms. The first-order chi connectivity index (χ1) is 18.7. The molecule has 2 atom stereocenters. The van der Waals surface area contributed by atoms with Gasteiger partial charge >= 0.3 is 12.0 Å². The standard InChI is InChI=1S/C32H38N2O5/c1-4-19-34-30(37)33-23-32(34,22-26-12-10-24(2)11-13-26)18-20-38-27-14-16-28(17-15-27)39-31(3,29(35)36)21-25-8-6-5-7-9-25/h5-17H,4,18-23H2,1-3H3,(H,33,37)(H,35,36). The normalized spacial score (nSPS) is 18.3. The van der Waals surface area contributed by atoms with Crippen molar-refractivity contribution in [3.05, 3.63) is 95.6 Å². The highest BCUT2D eigenvalue weighted by Gasteiger charge is 2.44. The molecule has 2 unspecified atom stereocenters. The summed E-state index contributed by atoms with van der Waals surface area (Å²) in [5.41, 5.74) is 1.51. The van der Waals surface area contributed by atoms with Crippen molar-refractivity contribution in [2.75, 3.05) is 19.7 Å². The van der Waals surface area contributed by atoms with Crippen molar-refractivity contribution < 1.29 is 24.2 Å². The fourth-order valence-electron chi connectivity index (χ4n) is 5.13. The maximum atomic E-state index is 12.7. The van der Waals surface area contributed by atoms with Crippen LogP contribution in [0.15, 0.2) is 78.9 Å². The molecule has 3 aromatic rings. The number of urea groups is 1. The van der Waals surface area contributed by atoms with Crippen LogP contribution in [0.5, 0.6) is 11.5 Å². The molecule has 0 radical (unpaired) electrons. The molecule has 1 fully saturated rings. The molecular weight excluding hydrogens is 492 g/mol. The van der Waals surface area contributed by atoms with Gasteiger partial charge in [-0.3, -0.25) is 0 Å². The Morgan fingerprint density at radius 3 is 2.31 bits per heavy atom. The Morgan fingerprint density at radius 1 is 1.00 bits per heavy atom. The second-order valence-electron chi connectivity index (χ2n) is 10.6. The van der Waals surface area contributed by atoms with Crippen LogP contribution in [0.2, 0.25) is 0 Å². The SMILES string of the molecule is CCCN1C(=O)NCC1(CCOc1ccc(OC(C)(Cc2ccccc2)C(=O)O)cc1)Cc1ccc(C)cc1. The number of hydrogen-bond acceptors (Lipinski definition) is 4. The second kappa shape index (κ2) is 12.2. The zero-order valence-electron chi connectivity index (χ0n) is 23.0. The number of amides is 2. The lowest BCUT2D eigenvalue weighted by molar-refractivity contribution is -0.153. The first-order valence-corrected chi connectivity index (χ1v) is 13.5. The number of nitrogens with zero attached hydrogens (tertiary/aromatic N) is 1. The van der Waals surface area contributed by atoms with E-state index in [1.165, 1.54) is 11.1 Å². The van der Waals surface area contributed by atoms with Crippen LogP contribution >= 0.6 is 0 Å². The number of aliphatic carboxylic acids is 1. The summed E-state index contributed by atoms with van der Waals surface area (Å²) in [7, 11) is 0. The number of carbonyl (C=O) groups excluding carboxylic acids is 1. The van der Waals surface area contributed by atoms with Crippen molar-refractivity contribution in [3.63, 3.8) is 0 Å². The second-order valence-corrected chi connectivity index (χ2v) is 10.6. The summed E-state index contributed by atoms with van der Waals surface area (Å²) in [6, 6.07) is 24.9. The van der Waals surface area contributed by atoms with Crippen LogP contribution < -0.4 is 14.8 Å². The Hall–Kier alpha value is -4.00. The number of benzene rings is 3. The number of aryl methyl sites for hydroxylation is 1. The Bertz CT molecular complexity index is 1250. The molecule has 0 bridgehead atoms. The Labute approximate surface area is 230 Å². The topological polar surface area (TPSA) is 88.1 Å². The summed E-state index contributed by atoms with van der Waals surface area (Å²) in [6.07, 6.45) is 2.54. The highest BCUT2D eigenvalue weighted by molar-refractivity contribution is 5.78. The van der Waals surface area contributed by atoms with Crippen molar-refractivity contribution in [3.8, 4) is 11.5 Å². The molecule has 39 heavy (non-hydrogen) atoms. The Kier molecular flexibility index (Phi) is 8.79. The molecule has 7 nitrogen and oxygen atoms in total. The van der Waals surface area contributed by atoms with Crippen LogP contribution in [0.3, 0.4) is 0 Å². The van der Waals surface area contributed by atoms with E-state index in [1.54, 1.807) is 31.2 Å². The van der Waals surface area contributed by atoms with Crippen molar-refractivity contribution in [1.29, 1.82) is 0 Å². The van der Waals surface area contributed by atoms with Crippen LogP contribution in [0.1, 0.15) is 43.4 Å². The van der Waals surface area contributed by atoms with Gasteiger partial charge in [-0.15, -0.1) is 0 Å². The zero-order valence-corrected chi connectivity index (χ0v) is 23.0. The number of ether oxygens (including phenoxy) is 2. The first kappa shape index (κ1) is 28.0. The van der Waals surface area contributed by atoms with Gasteiger partial charge in [-0.25, -0.2) is 9.59 Å². The van der Waals surface area contributed by atoms with Crippen LogP contribution in [-0.2, 0) is 17.6 Å². The Balaban J connectivity index is 1.41. The highest BCUT2D eigenvalue weighted by atomic mass is 16.5. The van der Waals surface area contributed by atoms with E-state index in [2.05, 4.69) is 43.4 Å². The molecule has 1 heterocycles. The summed E-state index contributed by atoms with van der Waals surface area (Å²) in [5.74, 6) is 0.0906. The maximum absolute atomic E-state index is 12.7. The summed E-state index contributed by atoms with van der Waals surface area (Å²) in [5, 5.41) is 12.9. The van der Waals surface area contributed by atoms with Crippen LogP contribution in [0.25, 0.3) is 0 Å². The lowest BCUT2D eigenvalue weighted by Crippen LogP contribution is -2.50. The predicted molar refractivity (Wildman–Crippen MR) is 151 cm³/mol. The largest absolute Gasteiger partial charge is 0.494 e. The molecule has 1 aliphatic rings. The minimum absolute atomic E-state index is 0.0255. The number of carboxylic acid groups (broad SMARTS) is 1. The van der Waals surface area contributed by atoms with Crippen molar-refractivity contribution in [2.24, 2.45) is 0 Å². The average molecular weight is 531 g/mol. The van der Waals surface area contributed by atoms with Gasteiger partial charge in [0, 0.05) is 25.9 Å². The third-order valence-electron chi connectivity index (χ3n) is 7.33. The summed E-state index contributed by atoms with van der Waals surface area (Å²) in [4.78, 5) is 26.7. The molecule has 2 N–H and O–H groups in total. The fraction of sp³-hybridized carbons (Fsp3) is 0.375. The van der Waals surface area contributed by atoms with Gasteiger partial charge in [-0.1, -0.05) is 67.1 Å². The van der Waals surface area contributed by atoms with E-state index < -0.39 is 11.6 Å². The van der Waals surface area contributed by atoms with E-state index in [1.807, 2.05) is 35.2 Å². The van der Waals surface area contributed by atoms with Gasteiger partial charge in [-0.05, 0) is 62.1 Å². The van der Waals surface area contributed by atoms with Crippen LogP contribution in [-0.4, -0.2) is 52.8 Å². The number of carboxylic acids is 1. The lowest BCUT2D eigenvalue weighted by atomic mass is 9.86. The van der Waals surface area contributed by atoms with Crippen LogP contribution in [0, 0.1) is 6.92 Å². The highest BCUT2D eigenvalue weighted by Crippen LogP contribution is 2.31. The molecule has 2 amide bonds. The first-order valence-electron chi connectivity index (χ1n) is 13.5. The molecule has 1 saturated heterocycles. The third kappa shape index (κ3) is 6.91. The summed E-state index contributed by atoms with van der Waals surface area (Å²) < 4.78 is 12.0. The van der Waals surface area contributed by atoms with Crippen molar-refractivity contribution in [2.45, 2.75) is 57.6 Å². The van der Waals surface area contributed by atoms with Gasteiger partial charge in [0.2, 0.25) is 5.60 Å². The number of carbonyl (C=O) groups is 2. The Morgan fingerprint density at radius 2 is 1.67 bits per heavy atom. The van der Waals surface area contributed by atoms with Gasteiger partial charge in [0.05, 0.1) is 12.1 Å². The quantitative estimate of drug-likeness (QED) is 0.298. The maximum Gasteiger partial charge on any atom is 0.348 e. The predicted octanol–water partition coefficient (Wildman–Crippen LogP) is 5.65. The molecular formula is C32H38N2O5. The fourth-order valence-corrected chi connectivity index (χ4v) is 5.13. The summed E-state index contributed by atoms with van der Waals surface area (Å²) in [6.45, 7) is 7.43. The van der Waals surface area contributed by atoms with Crippen molar-refractivity contribution in [1.82, 2.24) is 10.2 Å². The van der Waals surface area contributed by atoms with E-state index in [9.17, 15) is 14.7 Å². The smallest absolute Gasteiger partial charge is 0.348 e. The molecule has 0 aliphatic carbocycles. The molecule has 1 aliphatic heterocycles. The number of hydrogen-bond donors (Lipinski definition) is 2. The molecule has 3 aromatic carbocycles. The van der Waals surface area contributed by atoms with Gasteiger partial charge in [-0.2, -0.15) is 0 Å². The summed E-state index contributed by atoms with van der Waals surface area (Å²) >= 11 is 0. The molecule has 0 saturated carbocycles. The number of rotatable bonds is 13. The van der Waals surface area contributed by atoms with Gasteiger partial charge in [0.1, 0.15) is 11.5 Å². The van der Waals surface area contributed by atoms with E-state index in [0.717, 1.165) is 18.4 Å². The zero-order chi connectivity index (χ0) is 27.9. The minimum atomic E-state index is -1.41. The van der Waals surface area contributed by atoms with Crippen molar-refractivity contribution >= 4 is 12.0 Å². The van der Waals surface area contributed by atoms with E-state index in [4.69, 9.17) is 9.47 Å². The van der Waals surface area contributed by atoms with E-state index in [-0.39, 0.29) is 18.0 Å². The van der Waals surface area contributed by atoms with E-state index >= 15 is 0 Å². The molecule has 0 aromatic heterocycles. The lowest BCUT2D eigenvalue weighted by Gasteiger charge is -2.37. The minimum Gasteiger partial charge on any atom is -0.494 e. The van der Waals surface area contributed by atoms with Gasteiger partial charge < -0.3 is 24.8 Å². The van der Waals surface area contributed by atoms with Gasteiger partial charge in [0.25, 0.3) is 0 Å². The molecule has 4 rings (SSSR count). The van der Waals surface area contributed by atoms with Gasteiger partial charge in [0.15, 0.2) is 0 Å². The third-order valence-corrected chi connectivity index (χ3v) is 7.33. The average Bonchev–Trinajstić information content (AvgIpc) is 3.22. The monoisotopic (exact) mass is 530 g/mol. The molecule has 206 valence electrons. The number of nitrogens with one attached hydrogen (secondary N) is 1. The van der Waals surface area contributed by atoms with E-state index in [0.29, 0.717) is 37.6 Å².